The van der Waals surface area contributed by atoms with E-state index in [9.17, 15) is 4.79 Å². The molecule has 1 rings (SSSR count). The van der Waals surface area contributed by atoms with Crippen molar-refractivity contribution in [2.24, 2.45) is 0 Å². The number of hydrogen-bond acceptors (Lipinski definition) is 3. The zero-order chi connectivity index (χ0) is 12.5. The molecule has 5 nitrogen and oxygen atoms in total. The average molecular weight is 239 g/mol. The van der Waals surface area contributed by atoms with Crippen molar-refractivity contribution >= 4 is 5.91 Å². The van der Waals surface area contributed by atoms with Crippen molar-refractivity contribution in [2.45, 2.75) is 39.2 Å². The molecule has 0 aliphatic carbocycles. The molecule has 0 aromatic carbocycles. The Morgan fingerprint density at radius 1 is 1.59 bits per heavy atom. The largest absolute Gasteiger partial charge is 0.382 e. The minimum absolute atomic E-state index is 0.0235. The van der Waals surface area contributed by atoms with Crippen molar-refractivity contribution < 1.29 is 9.53 Å². The number of aromatic amines is 1. The van der Waals surface area contributed by atoms with Crippen LogP contribution in [0.2, 0.25) is 0 Å². The summed E-state index contributed by atoms with van der Waals surface area (Å²) in [6.07, 6.45) is 5.54. The van der Waals surface area contributed by atoms with Gasteiger partial charge >= 0.3 is 0 Å². The summed E-state index contributed by atoms with van der Waals surface area (Å²) >= 11 is 0. The number of nitrogens with one attached hydrogen (secondary N) is 2. The molecule has 5 heteroatoms. The van der Waals surface area contributed by atoms with Crippen LogP contribution < -0.4 is 5.32 Å². The molecule has 1 aromatic rings. The Labute approximate surface area is 102 Å². The molecule has 0 radical (unpaired) electrons. The predicted octanol–water partition coefficient (Wildman–Crippen LogP) is 1.79. The van der Waals surface area contributed by atoms with Crippen molar-refractivity contribution in [3.63, 3.8) is 0 Å². The fourth-order valence-corrected chi connectivity index (χ4v) is 1.58. The van der Waals surface area contributed by atoms with E-state index in [1.807, 2.05) is 13.8 Å². The Bertz CT molecular complexity index is 312. The van der Waals surface area contributed by atoms with Crippen LogP contribution in [-0.4, -0.2) is 29.1 Å². The molecule has 1 heterocycles. The van der Waals surface area contributed by atoms with Crippen molar-refractivity contribution in [3.8, 4) is 0 Å². The van der Waals surface area contributed by atoms with Crippen LogP contribution >= 0.6 is 0 Å². The topological polar surface area (TPSA) is 67.0 Å². The monoisotopic (exact) mass is 239 g/mol. The Morgan fingerprint density at radius 2 is 2.41 bits per heavy atom. The van der Waals surface area contributed by atoms with Gasteiger partial charge in [-0.3, -0.25) is 4.79 Å². The minimum atomic E-state index is -0.0235. The normalized spacial score (nSPS) is 12.4. The lowest BCUT2D eigenvalue weighted by Gasteiger charge is -2.14. The van der Waals surface area contributed by atoms with Gasteiger partial charge in [0.15, 0.2) is 0 Å². The summed E-state index contributed by atoms with van der Waals surface area (Å²) in [6, 6.07) is -0.0235. The smallest absolute Gasteiger partial charge is 0.220 e. The van der Waals surface area contributed by atoms with Crippen molar-refractivity contribution in [1.82, 2.24) is 15.3 Å². The summed E-state index contributed by atoms with van der Waals surface area (Å²) in [5, 5.41) is 2.96. The van der Waals surface area contributed by atoms with Crippen molar-refractivity contribution in [2.75, 3.05) is 13.2 Å². The van der Waals surface area contributed by atoms with Crippen molar-refractivity contribution in [3.05, 3.63) is 18.2 Å². The van der Waals surface area contributed by atoms with Gasteiger partial charge in [0.25, 0.3) is 0 Å². The van der Waals surface area contributed by atoms with Crippen LogP contribution in [0.4, 0.5) is 0 Å². The summed E-state index contributed by atoms with van der Waals surface area (Å²) < 4.78 is 5.19. The zero-order valence-electron chi connectivity index (χ0n) is 10.5. The molecule has 0 aliphatic heterocycles. The van der Waals surface area contributed by atoms with Gasteiger partial charge in [0.1, 0.15) is 5.82 Å². The van der Waals surface area contributed by atoms with E-state index < -0.39 is 0 Å². The van der Waals surface area contributed by atoms with Gasteiger partial charge in [-0.25, -0.2) is 4.98 Å². The molecule has 1 aromatic heterocycles. The standard InChI is InChI=1S/C12H21N3O2/c1-3-10(12-13-7-8-14-12)15-11(16)6-5-9-17-4-2/h7-8,10H,3-6,9H2,1-2H3,(H,13,14)(H,15,16). The maximum atomic E-state index is 11.7. The number of nitrogens with zero attached hydrogens (tertiary/aromatic N) is 1. The quantitative estimate of drug-likeness (QED) is 0.680. The fourth-order valence-electron chi connectivity index (χ4n) is 1.58. The van der Waals surface area contributed by atoms with Gasteiger partial charge in [0.05, 0.1) is 6.04 Å². The van der Waals surface area contributed by atoms with Gasteiger partial charge in [-0.2, -0.15) is 0 Å². The highest BCUT2D eigenvalue weighted by molar-refractivity contribution is 5.76. The van der Waals surface area contributed by atoms with Crippen LogP contribution in [0.5, 0.6) is 0 Å². The lowest BCUT2D eigenvalue weighted by atomic mass is 10.2. The van der Waals surface area contributed by atoms with Gasteiger partial charge in [0.2, 0.25) is 5.91 Å². The first kappa shape index (κ1) is 13.7. The second kappa shape index (κ2) is 7.84. The van der Waals surface area contributed by atoms with Crippen LogP contribution in [0.1, 0.15) is 45.0 Å². The van der Waals surface area contributed by atoms with Crippen molar-refractivity contribution in [1.29, 1.82) is 0 Å². The highest BCUT2D eigenvalue weighted by atomic mass is 16.5. The maximum absolute atomic E-state index is 11.7. The van der Waals surface area contributed by atoms with Crippen LogP contribution in [0.15, 0.2) is 12.4 Å². The van der Waals surface area contributed by atoms with E-state index in [-0.39, 0.29) is 11.9 Å². The molecule has 1 atom stereocenters. The second-order valence-corrected chi connectivity index (χ2v) is 3.80. The molecule has 0 fully saturated rings. The Balaban J connectivity index is 2.28. The number of ether oxygens (including phenoxy) is 1. The van der Waals surface area contributed by atoms with E-state index in [1.165, 1.54) is 0 Å². The van der Waals surface area contributed by atoms with E-state index in [4.69, 9.17) is 4.74 Å². The van der Waals surface area contributed by atoms with Gasteiger partial charge < -0.3 is 15.0 Å². The third kappa shape index (κ3) is 4.99. The molecular formula is C12H21N3O2. The second-order valence-electron chi connectivity index (χ2n) is 3.80. The number of amides is 1. The van der Waals surface area contributed by atoms with E-state index in [2.05, 4.69) is 15.3 Å². The Morgan fingerprint density at radius 3 is 3.00 bits per heavy atom. The third-order valence-corrected chi connectivity index (χ3v) is 2.49. The molecule has 0 bridgehead atoms. The summed E-state index contributed by atoms with van der Waals surface area (Å²) in [6.45, 7) is 5.31. The van der Waals surface area contributed by atoms with E-state index in [0.717, 1.165) is 18.7 Å². The number of H-pyrrole nitrogens is 1. The first-order chi connectivity index (χ1) is 8.27. The molecule has 0 saturated heterocycles. The zero-order valence-corrected chi connectivity index (χ0v) is 10.5. The molecule has 1 unspecified atom stereocenters. The highest BCUT2D eigenvalue weighted by Gasteiger charge is 2.13. The molecule has 0 saturated carbocycles. The van der Waals surface area contributed by atoms with Crippen LogP contribution in [0.3, 0.4) is 0 Å². The van der Waals surface area contributed by atoms with Gasteiger partial charge in [-0.1, -0.05) is 6.92 Å². The Kier molecular flexibility index (Phi) is 6.32. The summed E-state index contributed by atoms with van der Waals surface area (Å²) in [7, 11) is 0. The van der Waals surface area contributed by atoms with Gasteiger partial charge in [-0.15, -0.1) is 0 Å². The number of aromatic nitrogens is 2. The summed E-state index contributed by atoms with van der Waals surface area (Å²) in [5.41, 5.74) is 0. The summed E-state index contributed by atoms with van der Waals surface area (Å²) in [4.78, 5) is 18.8. The number of carbonyl (C=O) groups excluding carboxylic acids is 1. The molecule has 96 valence electrons. The van der Waals surface area contributed by atoms with E-state index >= 15 is 0 Å². The number of hydrogen-bond donors (Lipinski definition) is 2. The maximum Gasteiger partial charge on any atom is 0.220 e. The van der Waals surface area contributed by atoms with E-state index in [1.54, 1.807) is 12.4 Å². The van der Waals surface area contributed by atoms with Gasteiger partial charge in [0, 0.05) is 32.0 Å². The van der Waals surface area contributed by atoms with Gasteiger partial charge in [-0.05, 0) is 19.8 Å². The molecule has 0 aliphatic rings. The average Bonchev–Trinajstić information content (AvgIpc) is 2.85. The lowest BCUT2D eigenvalue weighted by Crippen LogP contribution is -2.28. The highest BCUT2D eigenvalue weighted by Crippen LogP contribution is 2.11. The SMILES string of the molecule is CCOCCCC(=O)NC(CC)c1ncc[nH]1. The number of imidazole rings is 1. The van der Waals surface area contributed by atoms with E-state index in [0.29, 0.717) is 19.6 Å². The van der Waals surface area contributed by atoms with Crippen LogP contribution in [0, 0.1) is 0 Å². The fraction of sp³-hybridized carbons (Fsp3) is 0.667. The van der Waals surface area contributed by atoms with Crippen LogP contribution in [0.25, 0.3) is 0 Å². The summed E-state index contributed by atoms with van der Waals surface area (Å²) in [5.74, 6) is 0.860. The third-order valence-electron chi connectivity index (χ3n) is 2.49. The minimum Gasteiger partial charge on any atom is -0.382 e. The first-order valence-electron chi connectivity index (χ1n) is 6.14. The predicted molar refractivity (Wildman–Crippen MR) is 65.5 cm³/mol. The molecule has 0 spiro atoms. The molecular weight excluding hydrogens is 218 g/mol. The number of rotatable bonds is 8. The first-order valence-corrected chi connectivity index (χ1v) is 6.14. The Hall–Kier alpha value is -1.36. The van der Waals surface area contributed by atoms with Crippen LogP contribution in [-0.2, 0) is 9.53 Å². The lowest BCUT2D eigenvalue weighted by molar-refractivity contribution is -0.122. The molecule has 1 amide bonds. The molecule has 2 N–H and O–H groups in total. The molecule has 17 heavy (non-hydrogen) atoms. The number of carbonyl (C=O) groups is 1.